The number of unbranched alkanes of at least 4 members (excludes halogenated alkanes) is 6. The average molecular weight is 344 g/mol. The van der Waals surface area contributed by atoms with Crippen molar-refractivity contribution in [1.82, 2.24) is 15.1 Å². The molecule has 0 aliphatic carbocycles. The summed E-state index contributed by atoms with van der Waals surface area (Å²) in [6, 6.07) is 0.698. The fourth-order valence-corrected chi connectivity index (χ4v) is 2.82. The molecule has 0 aromatic carbocycles. The zero-order chi connectivity index (χ0) is 18.6. The average Bonchev–Trinajstić information content (AvgIpc) is 2.56. The van der Waals surface area contributed by atoms with Crippen LogP contribution in [0.1, 0.15) is 86.0 Å². The Bertz CT molecular complexity index is 217. The van der Waals surface area contributed by atoms with Crippen LogP contribution in [-0.4, -0.2) is 62.7 Å². The van der Waals surface area contributed by atoms with Gasteiger partial charge in [0.25, 0.3) is 0 Å². The van der Waals surface area contributed by atoms with Crippen LogP contribution in [0.4, 0.5) is 0 Å². The van der Waals surface area contributed by atoms with Crippen molar-refractivity contribution >= 4 is 0 Å². The van der Waals surface area contributed by atoms with Gasteiger partial charge < -0.3 is 15.1 Å². The molecule has 0 aromatic heterocycles. The Kier molecular flexibility index (Phi) is 22.8. The SMILES string of the molecule is CC.CCNCCCCCCN(CCCCCCN(C)C)C(C)C. The molecule has 0 rings (SSSR count). The first-order chi connectivity index (χ1) is 11.6. The van der Waals surface area contributed by atoms with Gasteiger partial charge >= 0.3 is 0 Å². The molecule has 24 heavy (non-hydrogen) atoms. The van der Waals surface area contributed by atoms with Gasteiger partial charge in [0, 0.05) is 6.04 Å². The van der Waals surface area contributed by atoms with Gasteiger partial charge in [0.2, 0.25) is 0 Å². The van der Waals surface area contributed by atoms with E-state index in [1.54, 1.807) is 0 Å². The van der Waals surface area contributed by atoms with Gasteiger partial charge in [-0.05, 0) is 86.3 Å². The molecule has 0 heterocycles. The van der Waals surface area contributed by atoms with Crippen LogP contribution in [0.5, 0.6) is 0 Å². The molecule has 3 heteroatoms. The summed E-state index contributed by atoms with van der Waals surface area (Å²) in [6.07, 6.45) is 11.0. The van der Waals surface area contributed by atoms with Gasteiger partial charge in [-0.1, -0.05) is 46.5 Å². The lowest BCUT2D eigenvalue weighted by Crippen LogP contribution is -2.32. The van der Waals surface area contributed by atoms with Crippen LogP contribution in [-0.2, 0) is 0 Å². The molecule has 0 radical (unpaired) electrons. The van der Waals surface area contributed by atoms with E-state index in [4.69, 9.17) is 0 Å². The smallest absolute Gasteiger partial charge is 0.00385 e. The molecule has 0 unspecified atom stereocenters. The molecular weight excluding hydrogens is 294 g/mol. The first-order valence-electron chi connectivity index (χ1n) is 10.7. The molecule has 148 valence electrons. The third kappa shape index (κ3) is 19.9. The minimum atomic E-state index is 0.698. The fraction of sp³-hybridized carbons (Fsp3) is 1.00. The van der Waals surface area contributed by atoms with Gasteiger partial charge in [0.05, 0.1) is 0 Å². The summed E-state index contributed by atoms with van der Waals surface area (Å²) in [6.45, 7) is 17.0. The maximum absolute atomic E-state index is 3.40. The van der Waals surface area contributed by atoms with Crippen LogP contribution in [0.3, 0.4) is 0 Å². The Morgan fingerprint density at radius 1 is 0.708 bits per heavy atom. The molecule has 0 bridgehead atoms. The van der Waals surface area contributed by atoms with E-state index in [2.05, 4.69) is 50.0 Å². The number of hydrogen-bond acceptors (Lipinski definition) is 3. The second-order valence-corrected chi connectivity index (χ2v) is 7.11. The van der Waals surface area contributed by atoms with E-state index >= 15 is 0 Å². The molecule has 0 saturated carbocycles. The van der Waals surface area contributed by atoms with Gasteiger partial charge in [-0.25, -0.2) is 0 Å². The minimum absolute atomic E-state index is 0.698. The standard InChI is InChI=1S/C19H43N3.C2H6/c1-6-20-15-11-7-8-13-17-22(19(2)3)18-14-10-9-12-16-21(4)5;1-2/h19-20H,6-18H2,1-5H3;1-2H3. The van der Waals surface area contributed by atoms with Gasteiger partial charge in [-0.3, -0.25) is 0 Å². The Hall–Kier alpha value is -0.120. The number of nitrogens with zero attached hydrogens (tertiary/aromatic N) is 2. The first kappa shape index (κ1) is 26.1. The van der Waals surface area contributed by atoms with Gasteiger partial charge in [-0.2, -0.15) is 0 Å². The van der Waals surface area contributed by atoms with Crippen molar-refractivity contribution in [2.75, 3.05) is 46.8 Å². The van der Waals surface area contributed by atoms with E-state index in [0.717, 1.165) is 6.54 Å². The summed E-state index contributed by atoms with van der Waals surface area (Å²) in [7, 11) is 4.33. The molecule has 1 N–H and O–H groups in total. The highest BCUT2D eigenvalue weighted by molar-refractivity contribution is 4.63. The molecule has 0 fully saturated rings. The second kappa shape index (κ2) is 20.9. The van der Waals surface area contributed by atoms with Crippen molar-refractivity contribution in [2.24, 2.45) is 0 Å². The van der Waals surface area contributed by atoms with Crippen LogP contribution in [0.2, 0.25) is 0 Å². The van der Waals surface area contributed by atoms with Crippen molar-refractivity contribution in [1.29, 1.82) is 0 Å². The Balaban J connectivity index is 0. The van der Waals surface area contributed by atoms with E-state index < -0.39 is 0 Å². The van der Waals surface area contributed by atoms with Crippen molar-refractivity contribution in [3.63, 3.8) is 0 Å². The zero-order valence-corrected chi connectivity index (χ0v) is 18.2. The lowest BCUT2D eigenvalue weighted by molar-refractivity contribution is 0.211. The highest BCUT2D eigenvalue weighted by Crippen LogP contribution is 2.08. The Labute approximate surface area is 154 Å². The molecule has 0 saturated heterocycles. The van der Waals surface area contributed by atoms with Crippen molar-refractivity contribution in [3.8, 4) is 0 Å². The maximum Gasteiger partial charge on any atom is 0.00385 e. The summed E-state index contributed by atoms with van der Waals surface area (Å²) in [5.74, 6) is 0. The highest BCUT2D eigenvalue weighted by atomic mass is 15.1. The summed E-state index contributed by atoms with van der Waals surface area (Å²) in [4.78, 5) is 4.96. The molecule has 0 spiro atoms. The van der Waals surface area contributed by atoms with Crippen LogP contribution in [0, 0.1) is 0 Å². The first-order valence-corrected chi connectivity index (χ1v) is 10.7. The van der Waals surface area contributed by atoms with E-state index in [1.807, 2.05) is 13.8 Å². The third-order valence-electron chi connectivity index (χ3n) is 4.33. The van der Waals surface area contributed by atoms with Crippen molar-refractivity contribution in [2.45, 2.75) is 92.0 Å². The largest absolute Gasteiger partial charge is 0.317 e. The quantitative estimate of drug-likeness (QED) is 0.397. The van der Waals surface area contributed by atoms with Gasteiger partial charge in [0.15, 0.2) is 0 Å². The van der Waals surface area contributed by atoms with E-state index in [1.165, 1.54) is 77.5 Å². The number of hydrogen-bond donors (Lipinski definition) is 1. The lowest BCUT2D eigenvalue weighted by Gasteiger charge is -2.26. The highest BCUT2D eigenvalue weighted by Gasteiger charge is 2.08. The van der Waals surface area contributed by atoms with Gasteiger partial charge in [0.1, 0.15) is 0 Å². The van der Waals surface area contributed by atoms with Crippen LogP contribution in [0.25, 0.3) is 0 Å². The third-order valence-corrected chi connectivity index (χ3v) is 4.33. The number of nitrogens with one attached hydrogen (secondary N) is 1. The normalized spacial score (nSPS) is 11.2. The van der Waals surface area contributed by atoms with E-state index in [9.17, 15) is 0 Å². The summed E-state index contributed by atoms with van der Waals surface area (Å²) >= 11 is 0. The second-order valence-electron chi connectivity index (χ2n) is 7.11. The Morgan fingerprint density at radius 2 is 1.17 bits per heavy atom. The number of rotatable bonds is 16. The summed E-state index contributed by atoms with van der Waals surface area (Å²) in [5, 5.41) is 3.40. The predicted molar refractivity (Wildman–Crippen MR) is 112 cm³/mol. The predicted octanol–water partition coefficient (Wildman–Crippen LogP) is 5.01. The molecule has 0 aliphatic heterocycles. The van der Waals surface area contributed by atoms with Crippen LogP contribution < -0.4 is 5.32 Å². The monoisotopic (exact) mass is 343 g/mol. The van der Waals surface area contributed by atoms with E-state index in [-0.39, 0.29) is 0 Å². The maximum atomic E-state index is 3.40. The molecular formula is C21H49N3. The van der Waals surface area contributed by atoms with Crippen molar-refractivity contribution < 1.29 is 0 Å². The molecule has 0 aliphatic rings. The van der Waals surface area contributed by atoms with Crippen LogP contribution >= 0.6 is 0 Å². The van der Waals surface area contributed by atoms with E-state index in [0.29, 0.717) is 6.04 Å². The lowest BCUT2D eigenvalue weighted by atomic mass is 10.1. The summed E-state index contributed by atoms with van der Waals surface area (Å²) < 4.78 is 0. The van der Waals surface area contributed by atoms with Crippen LogP contribution in [0.15, 0.2) is 0 Å². The minimum Gasteiger partial charge on any atom is -0.317 e. The molecule has 0 amide bonds. The topological polar surface area (TPSA) is 18.5 Å². The molecule has 3 nitrogen and oxygen atoms in total. The Morgan fingerprint density at radius 3 is 1.58 bits per heavy atom. The zero-order valence-electron chi connectivity index (χ0n) is 18.2. The molecule has 0 atom stereocenters. The molecule has 0 aromatic rings. The fourth-order valence-electron chi connectivity index (χ4n) is 2.82. The summed E-state index contributed by atoms with van der Waals surface area (Å²) in [5.41, 5.74) is 0. The van der Waals surface area contributed by atoms with Crippen molar-refractivity contribution in [3.05, 3.63) is 0 Å². The van der Waals surface area contributed by atoms with Gasteiger partial charge in [-0.15, -0.1) is 0 Å².